The van der Waals surface area contributed by atoms with E-state index in [1.165, 1.54) is 69.8 Å². The SMILES string of the molecule is CC[C@H](CC[C@@H](C)[C@H]1CC[C@H]2[C@@H]3C[C@@H](O)C4=CCCC[C@]4(C)[C@H]3CC[C@]12C)C(C)C. The molecule has 0 aromatic carbocycles. The fraction of sp³-hybridized carbons (Fsp3) is 0.931. The van der Waals surface area contributed by atoms with Gasteiger partial charge in [0.2, 0.25) is 0 Å². The van der Waals surface area contributed by atoms with E-state index in [9.17, 15) is 5.11 Å². The highest BCUT2D eigenvalue weighted by atomic mass is 16.3. The zero-order valence-corrected chi connectivity index (χ0v) is 20.9. The molecule has 3 saturated carbocycles. The second-order valence-corrected chi connectivity index (χ2v) is 12.8. The van der Waals surface area contributed by atoms with Gasteiger partial charge in [-0.05, 0) is 116 Å². The lowest BCUT2D eigenvalue weighted by Crippen LogP contribution is -2.53. The van der Waals surface area contributed by atoms with Crippen LogP contribution in [0.5, 0.6) is 0 Å². The molecule has 172 valence electrons. The average Bonchev–Trinajstić information content (AvgIpc) is 3.05. The second-order valence-electron chi connectivity index (χ2n) is 12.8. The van der Waals surface area contributed by atoms with Gasteiger partial charge in [0.25, 0.3) is 0 Å². The van der Waals surface area contributed by atoms with Crippen LogP contribution in [0, 0.1) is 52.3 Å². The van der Waals surface area contributed by atoms with Crippen molar-refractivity contribution in [2.45, 2.75) is 118 Å². The second kappa shape index (κ2) is 8.57. The van der Waals surface area contributed by atoms with Crippen LogP contribution in [0.2, 0.25) is 0 Å². The molecule has 1 heteroatoms. The van der Waals surface area contributed by atoms with E-state index < -0.39 is 0 Å². The lowest BCUT2D eigenvalue weighted by Gasteiger charge is -2.59. The third-order valence-corrected chi connectivity index (χ3v) is 11.3. The maximum Gasteiger partial charge on any atom is 0.0758 e. The molecule has 0 aromatic rings. The molecule has 0 aromatic heterocycles. The predicted molar refractivity (Wildman–Crippen MR) is 128 cm³/mol. The van der Waals surface area contributed by atoms with Crippen LogP contribution in [0.15, 0.2) is 11.6 Å². The van der Waals surface area contributed by atoms with E-state index >= 15 is 0 Å². The summed E-state index contributed by atoms with van der Waals surface area (Å²) in [6.45, 7) is 15.0. The zero-order chi connectivity index (χ0) is 21.7. The molecule has 9 atom stereocenters. The first-order valence-electron chi connectivity index (χ1n) is 13.6. The molecule has 4 aliphatic rings. The summed E-state index contributed by atoms with van der Waals surface area (Å²) in [7, 11) is 0. The molecule has 1 N–H and O–H groups in total. The van der Waals surface area contributed by atoms with Gasteiger partial charge in [0.1, 0.15) is 0 Å². The first kappa shape index (κ1) is 22.9. The van der Waals surface area contributed by atoms with Crippen molar-refractivity contribution in [2.24, 2.45) is 52.3 Å². The molecule has 3 fully saturated rings. The Hall–Kier alpha value is -0.300. The van der Waals surface area contributed by atoms with E-state index in [0.29, 0.717) is 5.41 Å². The molecular weight excluding hydrogens is 364 g/mol. The lowest BCUT2D eigenvalue weighted by atomic mass is 9.46. The van der Waals surface area contributed by atoms with E-state index in [0.717, 1.165) is 47.8 Å². The first-order chi connectivity index (χ1) is 14.2. The van der Waals surface area contributed by atoms with Crippen LogP contribution in [0.3, 0.4) is 0 Å². The standard InChI is InChI=1S/C29H50O/c1-7-21(19(2)3)12-11-20(4)23-13-14-24-22-18-27(30)26-10-8-9-16-28(26,5)25(22)15-17-29(23,24)6/h10,19-25,27,30H,7-9,11-18H2,1-6H3/t20-,21-,22+,23-,24+,25+,27-,28-,29-/m1/s1. The van der Waals surface area contributed by atoms with Crippen LogP contribution in [0.25, 0.3) is 0 Å². The van der Waals surface area contributed by atoms with E-state index in [2.05, 4.69) is 47.6 Å². The van der Waals surface area contributed by atoms with Crippen LogP contribution >= 0.6 is 0 Å². The molecule has 30 heavy (non-hydrogen) atoms. The summed E-state index contributed by atoms with van der Waals surface area (Å²) in [6, 6.07) is 0. The molecule has 4 aliphatic carbocycles. The van der Waals surface area contributed by atoms with Gasteiger partial charge in [-0.25, -0.2) is 0 Å². The van der Waals surface area contributed by atoms with Crippen molar-refractivity contribution in [1.82, 2.24) is 0 Å². The predicted octanol–water partition coefficient (Wildman–Crippen LogP) is 8.02. The Bertz CT molecular complexity index is 634. The molecule has 0 aliphatic heterocycles. The molecule has 0 unspecified atom stereocenters. The monoisotopic (exact) mass is 414 g/mol. The zero-order valence-electron chi connectivity index (χ0n) is 20.9. The van der Waals surface area contributed by atoms with Crippen LogP contribution in [0.4, 0.5) is 0 Å². The van der Waals surface area contributed by atoms with E-state index in [-0.39, 0.29) is 11.5 Å². The molecule has 0 amide bonds. The van der Waals surface area contributed by atoms with Gasteiger partial charge < -0.3 is 5.11 Å². The topological polar surface area (TPSA) is 20.2 Å². The molecule has 0 heterocycles. The van der Waals surface area contributed by atoms with Gasteiger partial charge in [0.05, 0.1) is 6.10 Å². The summed E-state index contributed by atoms with van der Waals surface area (Å²) in [5.41, 5.74) is 2.24. The minimum absolute atomic E-state index is 0.160. The first-order valence-corrected chi connectivity index (χ1v) is 13.6. The summed E-state index contributed by atoms with van der Waals surface area (Å²) in [5, 5.41) is 11.1. The number of aliphatic hydroxyl groups is 1. The Kier molecular flexibility index (Phi) is 6.53. The van der Waals surface area contributed by atoms with Crippen molar-refractivity contribution >= 4 is 0 Å². The van der Waals surface area contributed by atoms with Gasteiger partial charge in [-0.1, -0.05) is 60.5 Å². The van der Waals surface area contributed by atoms with Crippen LogP contribution in [0.1, 0.15) is 112 Å². The highest BCUT2D eigenvalue weighted by Crippen LogP contribution is 2.67. The smallest absolute Gasteiger partial charge is 0.0758 e. The Morgan fingerprint density at radius 3 is 2.50 bits per heavy atom. The van der Waals surface area contributed by atoms with E-state index in [1.807, 2.05) is 0 Å². The Morgan fingerprint density at radius 2 is 1.80 bits per heavy atom. The number of fused-ring (bicyclic) bond motifs is 5. The van der Waals surface area contributed by atoms with Crippen molar-refractivity contribution in [2.75, 3.05) is 0 Å². The molecular formula is C29H50O. The van der Waals surface area contributed by atoms with Crippen molar-refractivity contribution in [3.8, 4) is 0 Å². The molecule has 0 bridgehead atoms. The lowest BCUT2D eigenvalue weighted by molar-refractivity contribution is -0.0840. The van der Waals surface area contributed by atoms with Gasteiger partial charge >= 0.3 is 0 Å². The largest absolute Gasteiger partial charge is 0.389 e. The summed E-state index contributed by atoms with van der Waals surface area (Å²) in [4.78, 5) is 0. The molecule has 0 saturated heterocycles. The van der Waals surface area contributed by atoms with Crippen LogP contribution < -0.4 is 0 Å². The van der Waals surface area contributed by atoms with Crippen LogP contribution in [-0.4, -0.2) is 11.2 Å². The number of aliphatic hydroxyl groups excluding tert-OH is 1. The molecule has 0 radical (unpaired) electrons. The number of hydrogen-bond donors (Lipinski definition) is 1. The van der Waals surface area contributed by atoms with Crippen molar-refractivity contribution < 1.29 is 5.11 Å². The minimum Gasteiger partial charge on any atom is -0.389 e. The van der Waals surface area contributed by atoms with Gasteiger partial charge in [0, 0.05) is 0 Å². The van der Waals surface area contributed by atoms with Gasteiger partial charge in [-0.2, -0.15) is 0 Å². The van der Waals surface area contributed by atoms with Gasteiger partial charge in [-0.15, -0.1) is 0 Å². The third kappa shape index (κ3) is 3.64. The summed E-state index contributed by atoms with van der Waals surface area (Å²) >= 11 is 0. The van der Waals surface area contributed by atoms with E-state index in [1.54, 1.807) is 0 Å². The quantitative estimate of drug-likeness (QED) is 0.436. The minimum atomic E-state index is -0.160. The Balaban J connectivity index is 1.49. The number of rotatable bonds is 6. The summed E-state index contributed by atoms with van der Waals surface area (Å²) in [5.74, 6) is 5.93. The van der Waals surface area contributed by atoms with Crippen molar-refractivity contribution in [1.29, 1.82) is 0 Å². The normalized spacial score (nSPS) is 45.3. The number of hydrogen-bond acceptors (Lipinski definition) is 1. The Labute approximate surface area is 187 Å². The fourth-order valence-corrected chi connectivity index (χ4v) is 9.47. The van der Waals surface area contributed by atoms with Crippen molar-refractivity contribution in [3.05, 3.63) is 11.6 Å². The maximum absolute atomic E-state index is 11.1. The summed E-state index contributed by atoms with van der Waals surface area (Å²) < 4.78 is 0. The highest BCUT2D eigenvalue weighted by Gasteiger charge is 2.60. The number of allylic oxidation sites excluding steroid dienone is 1. The Morgan fingerprint density at radius 1 is 1.03 bits per heavy atom. The maximum atomic E-state index is 11.1. The highest BCUT2D eigenvalue weighted by molar-refractivity contribution is 5.27. The van der Waals surface area contributed by atoms with Gasteiger partial charge in [0.15, 0.2) is 0 Å². The molecule has 4 rings (SSSR count). The van der Waals surface area contributed by atoms with Gasteiger partial charge in [-0.3, -0.25) is 0 Å². The molecule has 0 spiro atoms. The molecule has 1 nitrogen and oxygen atoms in total. The fourth-order valence-electron chi connectivity index (χ4n) is 9.47. The summed E-state index contributed by atoms with van der Waals surface area (Å²) in [6.07, 6.45) is 17.0. The third-order valence-electron chi connectivity index (χ3n) is 11.3. The van der Waals surface area contributed by atoms with Crippen LogP contribution in [-0.2, 0) is 0 Å². The van der Waals surface area contributed by atoms with Crippen molar-refractivity contribution in [3.63, 3.8) is 0 Å². The van der Waals surface area contributed by atoms with E-state index in [4.69, 9.17) is 0 Å². The average molecular weight is 415 g/mol.